The molecule has 0 spiro atoms. The normalized spacial score (nSPS) is 11.9. The molecular formula is C13H26O3. The summed E-state index contributed by atoms with van der Waals surface area (Å²) >= 11 is 0. The van der Waals surface area contributed by atoms with Crippen LogP contribution in [0.3, 0.4) is 0 Å². The molecule has 0 aliphatic carbocycles. The molecule has 0 fully saturated rings. The summed E-state index contributed by atoms with van der Waals surface area (Å²) in [6.07, 6.45) is 3.28. The van der Waals surface area contributed by atoms with Gasteiger partial charge in [0.15, 0.2) is 0 Å². The molecule has 0 aromatic heterocycles. The zero-order chi connectivity index (χ0) is 12.6. The minimum absolute atomic E-state index is 0.0583. The summed E-state index contributed by atoms with van der Waals surface area (Å²) < 4.78 is 10.2. The van der Waals surface area contributed by atoms with Crippen molar-refractivity contribution >= 4 is 5.97 Å². The highest BCUT2D eigenvalue weighted by Crippen LogP contribution is 2.21. The van der Waals surface area contributed by atoms with Gasteiger partial charge >= 0.3 is 5.97 Å². The number of hydrogen-bond donors (Lipinski definition) is 0. The second-order valence-corrected chi connectivity index (χ2v) is 5.61. The summed E-state index contributed by atoms with van der Waals surface area (Å²) in [7, 11) is 0. The van der Waals surface area contributed by atoms with Crippen LogP contribution in [0.1, 0.15) is 53.9 Å². The van der Waals surface area contributed by atoms with Gasteiger partial charge in [0.25, 0.3) is 0 Å². The fourth-order valence-electron chi connectivity index (χ4n) is 1.31. The van der Waals surface area contributed by atoms with Gasteiger partial charge in [0.05, 0.1) is 6.10 Å². The minimum atomic E-state index is -0.272. The average molecular weight is 230 g/mol. The fraction of sp³-hybridized carbons (Fsp3) is 0.923. The number of carbonyl (C=O) groups is 1. The minimum Gasteiger partial charge on any atom is -0.461 e. The van der Waals surface area contributed by atoms with E-state index in [2.05, 4.69) is 20.8 Å². The Labute approximate surface area is 99.5 Å². The van der Waals surface area contributed by atoms with E-state index in [1.54, 1.807) is 0 Å². The number of rotatable bonds is 7. The van der Waals surface area contributed by atoms with Crippen LogP contribution >= 0.6 is 0 Å². The van der Waals surface area contributed by atoms with Crippen LogP contribution in [0.4, 0.5) is 0 Å². The zero-order valence-electron chi connectivity index (χ0n) is 11.3. The van der Waals surface area contributed by atoms with Crippen molar-refractivity contribution in [3.8, 4) is 0 Å². The van der Waals surface area contributed by atoms with Gasteiger partial charge in [-0.2, -0.15) is 0 Å². The van der Waals surface area contributed by atoms with E-state index in [0.29, 0.717) is 12.0 Å². The fourth-order valence-corrected chi connectivity index (χ4v) is 1.31. The van der Waals surface area contributed by atoms with Crippen LogP contribution in [-0.2, 0) is 14.3 Å². The predicted octanol–water partition coefficient (Wildman–Crippen LogP) is 3.17. The number of unbranched alkanes of at least 4 members (excludes halogenated alkanes) is 1. The van der Waals surface area contributed by atoms with Crippen LogP contribution in [0.15, 0.2) is 0 Å². The molecule has 0 saturated heterocycles. The van der Waals surface area contributed by atoms with Crippen molar-refractivity contribution in [2.45, 2.75) is 60.0 Å². The number of esters is 1. The Kier molecular flexibility index (Phi) is 7.39. The van der Waals surface area contributed by atoms with Gasteiger partial charge in [0.1, 0.15) is 6.61 Å². The summed E-state index contributed by atoms with van der Waals surface area (Å²) in [4.78, 5) is 11.1. The molecule has 0 amide bonds. The monoisotopic (exact) mass is 230 g/mol. The molecule has 0 rings (SSSR count). The van der Waals surface area contributed by atoms with Crippen LogP contribution in [0, 0.1) is 5.41 Å². The first-order chi connectivity index (χ1) is 7.31. The Morgan fingerprint density at radius 3 is 2.31 bits per heavy atom. The Morgan fingerprint density at radius 2 is 1.81 bits per heavy atom. The van der Waals surface area contributed by atoms with Crippen molar-refractivity contribution in [1.82, 2.24) is 0 Å². The summed E-state index contributed by atoms with van der Waals surface area (Å²) in [5, 5.41) is 0. The Morgan fingerprint density at radius 1 is 1.19 bits per heavy atom. The highest BCUT2D eigenvalue weighted by molar-refractivity contribution is 5.70. The van der Waals surface area contributed by atoms with Crippen LogP contribution in [0.25, 0.3) is 0 Å². The Hall–Kier alpha value is -0.570. The molecule has 0 aliphatic heterocycles. The Bertz CT molecular complexity index is 192. The first-order valence-electron chi connectivity index (χ1n) is 6.08. The topological polar surface area (TPSA) is 35.5 Å². The summed E-state index contributed by atoms with van der Waals surface area (Å²) in [5.41, 5.74) is 0.385. The van der Waals surface area contributed by atoms with Crippen LogP contribution in [0.5, 0.6) is 0 Å². The van der Waals surface area contributed by atoms with Crippen molar-refractivity contribution in [2.24, 2.45) is 5.41 Å². The molecular weight excluding hydrogens is 204 g/mol. The lowest BCUT2D eigenvalue weighted by atomic mass is 9.90. The molecule has 0 bridgehead atoms. The lowest BCUT2D eigenvalue weighted by Crippen LogP contribution is -2.17. The van der Waals surface area contributed by atoms with E-state index in [1.165, 1.54) is 6.42 Å². The van der Waals surface area contributed by atoms with Crippen LogP contribution in [-0.4, -0.2) is 25.3 Å². The van der Waals surface area contributed by atoms with Crippen molar-refractivity contribution in [2.75, 3.05) is 13.2 Å². The van der Waals surface area contributed by atoms with E-state index in [9.17, 15) is 4.79 Å². The van der Waals surface area contributed by atoms with Gasteiger partial charge in [0, 0.05) is 6.61 Å². The van der Waals surface area contributed by atoms with E-state index in [0.717, 1.165) is 12.8 Å². The molecule has 16 heavy (non-hydrogen) atoms. The maximum Gasteiger partial charge on any atom is 0.332 e. The average Bonchev–Trinajstić information content (AvgIpc) is 2.07. The van der Waals surface area contributed by atoms with E-state index in [4.69, 9.17) is 9.47 Å². The van der Waals surface area contributed by atoms with Crippen LogP contribution < -0.4 is 0 Å². The quantitative estimate of drug-likeness (QED) is 0.498. The molecule has 0 aliphatic rings. The maximum atomic E-state index is 11.1. The van der Waals surface area contributed by atoms with Gasteiger partial charge in [-0.15, -0.1) is 0 Å². The molecule has 96 valence electrons. The standard InChI is InChI=1S/C13H26O3/c1-11(2)16-12(14)10-15-9-7-6-8-13(3,4)5/h11H,6-10H2,1-5H3. The van der Waals surface area contributed by atoms with Gasteiger partial charge < -0.3 is 9.47 Å². The first-order valence-corrected chi connectivity index (χ1v) is 6.08. The molecule has 0 heterocycles. The Balaban J connectivity index is 3.31. The van der Waals surface area contributed by atoms with E-state index in [-0.39, 0.29) is 18.7 Å². The maximum absolute atomic E-state index is 11.1. The number of hydrogen-bond acceptors (Lipinski definition) is 3. The third kappa shape index (κ3) is 11.5. The second kappa shape index (κ2) is 7.66. The van der Waals surface area contributed by atoms with Gasteiger partial charge in [-0.3, -0.25) is 0 Å². The number of carbonyl (C=O) groups excluding carboxylic acids is 1. The van der Waals surface area contributed by atoms with Gasteiger partial charge in [-0.05, 0) is 32.1 Å². The highest BCUT2D eigenvalue weighted by Gasteiger charge is 2.09. The molecule has 3 heteroatoms. The molecule has 0 aromatic carbocycles. The SMILES string of the molecule is CC(C)OC(=O)COCCCCC(C)(C)C. The highest BCUT2D eigenvalue weighted by atomic mass is 16.6. The number of ether oxygens (including phenoxy) is 2. The van der Waals surface area contributed by atoms with E-state index in [1.807, 2.05) is 13.8 Å². The van der Waals surface area contributed by atoms with Crippen molar-refractivity contribution in [3.05, 3.63) is 0 Å². The van der Waals surface area contributed by atoms with Crippen molar-refractivity contribution in [3.63, 3.8) is 0 Å². The molecule has 0 atom stereocenters. The lowest BCUT2D eigenvalue weighted by Gasteiger charge is -2.17. The zero-order valence-corrected chi connectivity index (χ0v) is 11.3. The molecule has 0 aromatic rings. The molecule has 0 saturated carbocycles. The van der Waals surface area contributed by atoms with Crippen LogP contribution in [0.2, 0.25) is 0 Å². The van der Waals surface area contributed by atoms with E-state index < -0.39 is 0 Å². The summed E-state index contributed by atoms with van der Waals surface area (Å²) in [6.45, 7) is 11.1. The van der Waals surface area contributed by atoms with Crippen molar-refractivity contribution < 1.29 is 14.3 Å². The van der Waals surface area contributed by atoms with E-state index >= 15 is 0 Å². The smallest absolute Gasteiger partial charge is 0.332 e. The second-order valence-electron chi connectivity index (χ2n) is 5.61. The third-order valence-corrected chi connectivity index (χ3v) is 2.05. The van der Waals surface area contributed by atoms with Gasteiger partial charge in [-0.25, -0.2) is 4.79 Å². The van der Waals surface area contributed by atoms with Gasteiger partial charge in [-0.1, -0.05) is 27.2 Å². The molecule has 0 unspecified atom stereocenters. The first kappa shape index (κ1) is 15.4. The summed E-state index contributed by atoms with van der Waals surface area (Å²) in [5.74, 6) is -0.272. The largest absolute Gasteiger partial charge is 0.461 e. The third-order valence-electron chi connectivity index (χ3n) is 2.05. The molecule has 0 N–H and O–H groups in total. The summed E-state index contributed by atoms with van der Waals surface area (Å²) in [6, 6.07) is 0. The lowest BCUT2D eigenvalue weighted by molar-refractivity contribution is -0.152. The molecule has 0 radical (unpaired) electrons. The van der Waals surface area contributed by atoms with Gasteiger partial charge in [0.2, 0.25) is 0 Å². The molecule has 3 nitrogen and oxygen atoms in total. The van der Waals surface area contributed by atoms with Crippen molar-refractivity contribution in [1.29, 1.82) is 0 Å². The predicted molar refractivity (Wildman–Crippen MR) is 65.4 cm³/mol.